The number of fused-ring (bicyclic) bond motifs is 1. The van der Waals surface area contributed by atoms with Crippen molar-refractivity contribution in [2.75, 3.05) is 6.61 Å². The van der Waals surface area contributed by atoms with Crippen LogP contribution >= 0.6 is 11.6 Å². The van der Waals surface area contributed by atoms with E-state index in [1.165, 1.54) is 0 Å². The lowest BCUT2D eigenvalue weighted by Gasteiger charge is -2.12. The van der Waals surface area contributed by atoms with Crippen LogP contribution in [0.4, 0.5) is 0 Å². The molecular weight excluding hydrogens is 332 g/mol. The molecule has 0 unspecified atom stereocenters. The first-order valence-corrected chi connectivity index (χ1v) is 7.72. The maximum atomic E-state index is 12.0. The lowest BCUT2D eigenvalue weighted by molar-refractivity contribution is -0.133. The largest absolute Gasteiger partial charge is 0.482 e. The van der Waals surface area contributed by atoms with Gasteiger partial charge in [-0.1, -0.05) is 41.9 Å². The van der Waals surface area contributed by atoms with Gasteiger partial charge in [-0.3, -0.25) is 20.4 Å². The van der Waals surface area contributed by atoms with Crippen LogP contribution in [0.25, 0.3) is 0 Å². The van der Waals surface area contributed by atoms with Gasteiger partial charge < -0.3 is 9.47 Å². The Labute approximate surface area is 143 Å². The van der Waals surface area contributed by atoms with Crippen molar-refractivity contribution in [1.82, 2.24) is 10.9 Å². The van der Waals surface area contributed by atoms with Crippen LogP contribution in [0.3, 0.4) is 0 Å². The lowest BCUT2D eigenvalue weighted by Crippen LogP contribution is -2.49. The molecule has 0 aliphatic carbocycles. The average Bonchev–Trinajstić information content (AvgIpc) is 3.03. The Morgan fingerprint density at radius 3 is 2.67 bits per heavy atom. The molecule has 0 spiro atoms. The van der Waals surface area contributed by atoms with Crippen LogP contribution in [0.2, 0.25) is 5.02 Å². The molecule has 1 atom stereocenters. The van der Waals surface area contributed by atoms with Gasteiger partial charge in [0, 0.05) is 6.42 Å². The number of ether oxygens (including phenoxy) is 2. The Morgan fingerprint density at radius 1 is 1.12 bits per heavy atom. The van der Waals surface area contributed by atoms with Gasteiger partial charge in [-0.25, -0.2) is 0 Å². The number of benzene rings is 2. The Bertz CT molecular complexity index is 741. The van der Waals surface area contributed by atoms with Crippen LogP contribution in [0, 0.1) is 0 Å². The number of carbonyl (C=O) groups excluding carboxylic acids is 2. The topological polar surface area (TPSA) is 76.7 Å². The minimum atomic E-state index is -0.660. The van der Waals surface area contributed by atoms with Gasteiger partial charge in [0.15, 0.2) is 12.7 Å². The van der Waals surface area contributed by atoms with Crippen molar-refractivity contribution >= 4 is 23.4 Å². The number of amides is 2. The molecule has 0 radical (unpaired) electrons. The van der Waals surface area contributed by atoms with E-state index in [1.54, 1.807) is 30.3 Å². The van der Waals surface area contributed by atoms with Crippen molar-refractivity contribution < 1.29 is 19.1 Å². The van der Waals surface area contributed by atoms with E-state index in [2.05, 4.69) is 10.9 Å². The zero-order valence-corrected chi connectivity index (χ0v) is 13.4. The number of hydrogen-bond acceptors (Lipinski definition) is 4. The fraction of sp³-hybridized carbons (Fsp3) is 0.176. The van der Waals surface area contributed by atoms with Crippen LogP contribution in [0.15, 0.2) is 48.5 Å². The molecule has 0 fully saturated rings. The van der Waals surface area contributed by atoms with Gasteiger partial charge in [0.2, 0.25) is 0 Å². The highest BCUT2D eigenvalue weighted by Gasteiger charge is 2.28. The number of para-hydroxylation sites is 2. The quantitative estimate of drug-likeness (QED) is 0.829. The van der Waals surface area contributed by atoms with Gasteiger partial charge in [-0.2, -0.15) is 0 Å². The van der Waals surface area contributed by atoms with E-state index in [0.717, 1.165) is 5.56 Å². The summed E-state index contributed by atoms with van der Waals surface area (Å²) in [6, 6.07) is 14.2. The highest BCUT2D eigenvalue weighted by molar-refractivity contribution is 6.32. The first-order chi connectivity index (χ1) is 11.6. The SMILES string of the molecule is O=C(COc1ccccc1Cl)NNC(=O)[C@H]1Cc2ccccc2O1. The van der Waals surface area contributed by atoms with Gasteiger partial charge in [0.1, 0.15) is 11.5 Å². The van der Waals surface area contributed by atoms with Crippen LogP contribution in [-0.2, 0) is 16.0 Å². The highest BCUT2D eigenvalue weighted by Crippen LogP contribution is 2.28. The average molecular weight is 347 g/mol. The fourth-order valence-electron chi connectivity index (χ4n) is 2.28. The molecule has 0 saturated carbocycles. The predicted octanol–water partition coefficient (Wildman–Crippen LogP) is 1.87. The minimum Gasteiger partial charge on any atom is -0.482 e. The number of hydrazine groups is 1. The molecule has 124 valence electrons. The van der Waals surface area contributed by atoms with Crippen LogP contribution in [0.5, 0.6) is 11.5 Å². The summed E-state index contributed by atoms with van der Waals surface area (Å²) in [7, 11) is 0. The molecule has 1 heterocycles. The van der Waals surface area contributed by atoms with E-state index >= 15 is 0 Å². The monoisotopic (exact) mass is 346 g/mol. The smallest absolute Gasteiger partial charge is 0.279 e. The Balaban J connectivity index is 1.44. The summed E-state index contributed by atoms with van der Waals surface area (Å²) in [6.07, 6.45) is -0.194. The summed E-state index contributed by atoms with van der Waals surface area (Å²) in [5.41, 5.74) is 5.59. The third-order valence-corrected chi connectivity index (χ3v) is 3.77. The molecule has 1 aliphatic rings. The van der Waals surface area contributed by atoms with Gasteiger partial charge in [0.25, 0.3) is 11.8 Å². The van der Waals surface area contributed by atoms with Gasteiger partial charge in [-0.15, -0.1) is 0 Å². The molecule has 2 N–H and O–H groups in total. The standard InChI is InChI=1S/C17H15ClN2O4/c18-12-6-2-4-8-14(12)23-10-16(21)19-20-17(22)15-9-11-5-1-3-7-13(11)24-15/h1-8,15H,9-10H2,(H,19,21)(H,20,22)/t15-/m1/s1. The van der Waals surface area contributed by atoms with Crippen LogP contribution in [-0.4, -0.2) is 24.5 Å². The van der Waals surface area contributed by atoms with Crippen molar-refractivity contribution in [3.05, 3.63) is 59.1 Å². The van der Waals surface area contributed by atoms with Gasteiger partial charge >= 0.3 is 0 Å². The van der Waals surface area contributed by atoms with E-state index in [9.17, 15) is 9.59 Å². The van der Waals surface area contributed by atoms with E-state index in [4.69, 9.17) is 21.1 Å². The lowest BCUT2D eigenvalue weighted by atomic mass is 10.1. The van der Waals surface area contributed by atoms with Crippen LogP contribution < -0.4 is 20.3 Å². The molecule has 2 aromatic carbocycles. The molecule has 0 aromatic heterocycles. The second-order valence-electron chi connectivity index (χ2n) is 5.17. The molecule has 6 nitrogen and oxygen atoms in total. The fourth-order valence-corrected chi connectivity index (χ4v) is 2.47. The first-order valence-electron chi connectivity index (χ1n) is 7.34. The molecule has 0 saturated heterocycles. The molecule has 7 heteroatoms. The molecule has 2 amide bonds. The van der Waals surface area contributed by atoms with Crippen LogP contribution in [0.1, 0.15) is 5.56 Å². The van der Waals surface area contributed by atoms with Crippen molar-refractivity contribution in [1.29, 1.82) is 0 Å². The summed E-state index contributed by atoms with van der Waals surface area (Å²) in [5, 5.41) is 0.409. The minimum absolute atomic E-state index is 0.268. The second-order valence-corrected chi connectivity index (χ2v) is 5.58. The van der Waals surface area contributed by atoms with E-state index in [-0.39, 0.29) is 6.61 Å². The second kappa shape index (κ2) is 7.23. The highest BCUT2D eigenvalue weighted by atomic mass is 35.5. The predicted molar refractivity (Wildman–Crippen MR) is 87.8 cm³/mol. The van der Waals surface area contributed by atoms with E-state index in [1.807, 2.05) is 18.2 Å². The summed E-state index contributed by atoms with van der Waals surface area (Å²) < 4.78 is 10.8. The number of nitrogens with one attached hydrogen (secondary N) is 2. The first kappa shape index (κ1) is 16.1. The summed E-state index contributed by atoms with van der Waals surface area (Å²) in [4.78, 5) is 23.8. The molecule has 2 aromatic rings. The van der Waals surface area contributed by atoms with E-state index in [0.29, 0.717) is 22.9 Å². The van der Waals surface area contributed by atoms with Gasteiger partial charge in [0.05, 0.1) is 5.02 Å². The third-order valence-electron chi connectivity index (χ3n) is 3.46. The number of hydrogen-bond donors (Lipinski definition) is 2. The molecule has 1 aliphatic heterocycles. The summed E-state index contributed by atoms with van der Waals surface area (Å²) in [6.45, 7) is -0.268. The zero-order valence-electron chi connectivity index (χ0n) is 12.6. The van der Waals surface area contributed by atoms with Crippen molar-refractivity contribution in [3.8, 4) is 11.5 Å². The Morgan fingerprint density at radius 2 is 1.88 bits per heavy atom. The molecule has 24 heavy (non-hydrogen) atoms. The zero-order chi connectivity index (χ0) is 16.9. The molecular formula is C17H15ClN2O4. The third kappa shape index (κ3) is 3.78. The van der Waals surface area contributed by atoms with Crippen molar-refractivity contribution in [2.24, 2.45) is 0 Å². The maximum absolute atomic E-state index is 12.0. The molecule has 3 rings (SSSR count). The summed E-state index contributed by atoms with van der Waals surface area (Å²) >= 11 is 5.92. The van der Waals surface area contributed by atoms with Crippen molar-refractivity contribution in [2.45, 2.75) is 12.5 Å². The summed E-state index contributed by atoms with van der Waals surface area (Å²) in [5.74, 6) is 0.164. The van der Waals surface area contributed by atoms with Crippen molar-refractivity contribution in [3.63, 3.8) is 0 Å². The molecule has 0 bridgehead atoms. The number of carbonyl (C=O) groups is 2. The Hall–Kier alpha value is -2.73. The number of rotatable bonds is 4. The van der Waals surface area contributed by atoms with Gasteiger partial charge in [-0.05, 0) is 23.8 Å². The van der Waals surface area contributed by atoms with E-state index < -0.39 is 17.9 Å². The number of halogens is 1. The Kier molecular flexibility index (Phi) is 4.86. The normalized spacial score (nSPS) is 15.1. The maximum Gasteiger partial charge on any atom is 0.279 e.